The summed E-state index contributed by atoms with van der Waals surface area (Å²) in [6.07, 6.45) is 6.07. The Morgan fingerprint density at radius 1 is 1.31 bits per heavy atom. The van der Waals surface area contributed by atoms with Crippen LogP contribution in [0.1, 0.15) is 45.6 Å². The van der Waals surface area contributed by atoms with Crippen molar-refractivity contribution < 1.29 is 14.3 Å². The van der Waals surface area contributed by atoms with Gasteiger partial charge in [0, 0.05) is 11.8 Å². The zero-order chi connectivity index (χ0) is 18.9. The fourth-order valence-electron chi connectivity index (χ4n) is 2.86. The molecule has 1 saturated heterocycles. The number of carbonyl (C=O) groups excluding carboxylic acids is 2. The molecule has 1 aromatic rings. The van der Waals surface area contributed by atoms with E-state index in [4.69, 9.17) is 4.74 Å². The summed E-state index contributed by atoms with van der Waals surface area (Å²) in [5.74, 6) is 0.657. The van der Waals surface area contributed by atoms with E-state index in [2.05, 4.69) is 20.8 Å². The molecule has 0 aromatic heterocycles. The van der Waals surface area contributed by atoms with Gasteiger partial charge >= 0.3 is 5.97 Å². The molecule has 2 rings (SSSR count). The molecule has 0 aliphatic carbocycles. The van der Waals surface area contributed by atoms with E-state index in [1.807, 2.05) is 30.3 Å². The molecule has 0 radical (unpaired) electrons. The highest BCUT2D eigenvalue weighted by Crippen LogP contribution is 2.34. The maximum atomic E-state index is 12.9. The average molecular weight is 376 g/mol. The number of carbonyl (C=O) groups is 2. The first kappa shape index (κ1) is 20.6. The molecule has 4 nitrogen and oxygen atoms in total. The van der Waals surface area contributed by atoms with Crippen LogP contribution in [0.25, 0.3) is 6.08 Å². The molecule has 1 amide bonds. The van der Waals surface area contributed by atoms with E-state index in [0.29, 0.717) is 18.3 Å². The van der Waals surface area contributed by atoms with Crippen molar-refractivity contribution in [3.05, 3.63) is 42.0 Å². The van der Waals surface area contributed by atoms with Crippen molar-refractivity contribution >= 4 is 29.7 Å². The molecule has 0 spiro atoms. The van der Waals surface area contributed by atoms with E-state index in [1.54, 1.807) is 28.8 Å². The normalized spacial score (nSPS) is 20.1. The first-order chi connectivity index (χ1) is 12.5. The molecule has 1 aromatic carbocycles. The third kappa shape index (κ3) is 5.90. The second-order valence-electron chi connectivity index (χ2n) is 6.94. The van der Waals surface area contributed by atoms with Gasteiger partial charge in [0.2, 0.25) is 5.91 Å². The lowest BCUT2D eigenvalue weighted by Gasteiger charge is -2.28. The van der Waals surface area contributed by atoms with Crippen molar-refractivity contribution in [1.29, 1.82) is 0 Å². The zero-order valence-corrected chi connectivity index (χ0v) is 16.7. The number of amides is 1. The third-order valence-corrected chi connectivity index (χ3v) is 5.56. The topological polar surface area (TPSA) is 46.6 Å². The number of rotatable bonds is 8. The summed E-state index contributed by atoms with van der Waals surface area (Å²) in [5.41, 5.74) is 0.968. The van der Waals surface area contributed by atoms with Gasteiger partial charge < -0.3 is 9.64 Å². The van der Waals surface area contributed by atoms with E-state index < -0.39 is 6.04 Å². The summed E-state index contributed by atoms with van der Waals surface area (Å²) in [7, 11) is 0. The van der Waals surface area contributed by atoms with Crippen LogP contribution in [0.3, 0.4) is 0 Å². The lowest BCUT2D eigenvalue weighted by atomic mass is 10.1. The van der Waals surface area contributed by atoms with Crippen molar-refractivity contribution in [3.63, 3.8) is 0 Å². The predicted molar refractivity (Wildman–Crippen MR) is 108 cm³/mol. The number of esters is 1. The maximum absolute atomic E-state index is 12.9. The Balaban J connectivity index is 2.11. The van der Waals surface area contributed by atoms with E-state index >= 15 is 0 Å². The Morgan fingerprint density at radius 2 is 2.04 bits per heavy atom. The van der Waals surface area contributed by atoms with Gasteiger partial charge in [0.05, 0.1) is 12.0 Å². The number of hydrogen-bond acceptors (Lipinski definition) is 4. The van der Waals surface area contributed by atoms with Crippen molar-refractivity contribution in [3.8, 4) is 0 Å². The Hall–Kier alpha value is -1.75. The van der Waals surface area contributed by atoms with Gasteiger partial charge in [0.1, 0.15) is 6.04 Å². The van der Waals surface area contributed by atoms with Gasteiger partial charge in [-0.05, 0) is 30.4 Å². The molecule has 0 N–H and O–H groups in total. The monoisotopic (exact) mass is 375 g/mol. The van der Waals surface area contributed by atoms with Crippen LogP contribution in [0.15, 0.2) is 36.4 Å². The quantitative estimate of drug-likeness (QED) is 0.385. The second kappa shape index (κ2) is 10.4. The molecule has 1 heterocycles. The second-order valence-corrected chi connectivity index (χ2v) is 8.15. The largest absolute Gasteiger partial charge is 0.464 e. The Labute approximate surface area is 161 Å². The van der Waals surface area contributed by atoms with Crippen LogP contribution >= 0.6 is 11.8 Å². The van der Waals surface area contributed by atoms with Crippen molar-refractivity contribution in [1.82, 2.24) is 4.90 Å². The summed E-state index contributed by atoms with van der Waals surface area (Å²) in [6, 6.07) is 9.22. The fourth-order valence-corrected chi connectivity index (χ4v) is 4.49. The van der Waals surface area contributed by atoms with Crippen LogP contribution in [0.4, 0.5) is 0 Å². The van der Waals surface area contributed by atoms with E-state index in [9.17, 15) is 9.59 Å². The van der Waals surface area contributed by atoms with Crippen LogP contribution in [0.2, 0.25) is 0 Å². The highest BCUT2D eigenvalue weighted by atomic mass is 32.2. The van der Waals surface area contributed by atoms with Gasteiger partial charge in [-0.1, -0.05) is 57.5 Å². The zero-order valence-electron chi connectivity index (χ0n) is 15.9. The molecule has 5 heteroatoms. The van der Waals surface area contributed by atoms with Crippen molar-refractivity contribution in [2.45, 2.75) is 51.4 Å². The third-order valence-electron chi connectivity index (χ3n) is 4.25. The van der Waals surface area contributed by atoms with Gasteiger partial charge in [-0.15, -0.1) is 11.8 Å². The van der Waals surface area contributed by atoms with Crippen LogP contribution in [0, 0.1) is 5.92 Å². The SMILES string of the molecule is CCCCOC(=O)C1CSC(CC(C)C)N1C(=O)/C=C/c1ccccc1. The molecule has 2 atom stereocenters. The molecule has 0 saturated carbocycles. The number of thioether (sulfide) groups is 1. The minimum absolute atomic E-state index is 0.0200. The number of unbranched alkanes of at least 4 members (excludes halogenated alkanes) is 1. The molecule has 2 unspecified atom stereocenters. The summed E-state index contributed by atoms with van der Waals surface area (Å²) < 4.78 is 5.39. The molecular weight excluding hydrogens is 346 g/mol. The Morgan fingerprint density at radius 3 is 2.69 bits per heavy atom. The summed E-state index contributed by atoms with van der Waals surface area (Å²) in [4.78, 5) is 27.1. The molecule has 1 aliphatic rings. The summed E-state index contributed by atoms with van der Waals surface area (Å²) >= 11 is 1.67. The number of hydrogen-bond donors (Lipinski definition) is 0. The number of ether oxygens (including phenoxy) is 1. The highest BCUT2D eigenvalue weighted by molar-refractivity contribution is 8.00. The van der Waals surface area contributed by atoms with Gasteiger partial charge in [-0.25, -0.2) is 4.79 Å². The summed E-state index contributed by atoms with van der Waals surface area (Å²) in [5, 5.41) is 0.0200. The van der Waals surface area contributed by atoms with Gasteiger partial charge in [0.25, 0.3) is 0 Å². The molecule has 0 bridgehead atoms. The molecule has 26 heavy (non-hydrogen) atoms. The standard InChI is InChI=1S/C21H29NO3S/c1-4-5-13-25-21(24)18-15-26-20(14-16(2)3)22(18)19(23)12-11-17-9-7-6-8-10-17/h6-12,16,18,20H,4-5,13-15H2,1-3H3/b12-11+. The van der Waals surface area contributed by atoms with E-state index in [1.165, 1.54) is 0 Å². The van der Waals surface area contributed by atoms with Crippen molar-refractivity contribution in [2.75, 3.05) is 12.4 Å². The average Bonchev–Trinajstić information content (AvgIpc) is 3.03. The fraction of sp³-hybridized carbons (Fsp3) is 0.524. The maximum Gasteiger partial charge on any atom is 0.329 e. The van der Waals surface area contributed by atoms with Crippen LogP contribution in [0.5, 0.6) is 0 Å². The minimum atomic E-state index is -0.492. The highest BCUT2D eigenvalue weighted by Gasteiger charge is 2.41. The Bertz CT molecular complexity index is 615. The lowest BCUT2D eigenvalue weighted by molar-refractivity contribution is -0.153. The summed E-state index contributed by atoms with van der Waals surface area (Å²) in [6.45, 7) is 6.75. The predicted octanol–water partition coefficient (Wildman–Crippen LogP) is 4.36. The minimum Gasteiger partial charge on any atom is -0.464 e. The van der Waals surface area contributed by atoms with Crippen LogP contribution in [-0.2, 0) is 14.3 Å². The Kier molecular flexibility index (Phi) is 8.23. The van der Waals surface area contributed by atoms with E-state index in [-0.39, 0.29) is 17.3 Å². The number of benzene rings is 1. The molecule has 1 fully saturated rings. The van der Waals surface area contributed by atoms with E-state index in [0.717, 1.165) is 24.8 Å². The first-order valence-corrected chi connectivity index (χ1v) is 10.4. The molecular formula is C21H29NO3S. The van der Waals surface area contributed by atoms with Gasteiger partial charge in [-0.3, -0.25) is 4.79 Å². The van der Waals surface area contributed by atoms with Crippen LogP contribution in [-0.4, -0.2) is 40.6 Å². The van der Waals surface area contributed by atoms with Gasteiger partial charge in [0.15, 0.2) is 0 Å². The lowest BCUT2D eigenvalue weighted by Crippen LogP contribution is -2.46. The first-order valence-electron chi connectivity index (χ1n) is 9.36. The van der Waals surface area contributed by atoms with Gasteiger partial charge in [-0.2, -0.15) is 0 Å². The van der Waals surface area contributed by atoms with Crippen molar-refractivity contribution in [2.24, 2.45) is 5.92 Å². The molecule has 1 aliphatic heterocycles. The smallest absolute Gasteiger partial charge is 0.329 e. The molecule has 142 valence electrons. The number of nitrogens with zero attached hydrogens (tertiary/aromatic N) is 1. The van der Waals surface area contributed by atoms with Crippen LogP contribution < -0.4 is 0 Å².